The second kappa shape index (κ2) is 4.62. The van der Waals surface area contributed by atoms with E-state index >= 15 is 0 Å². The molecule has 2 unspecified atom stereocenters. The number of piperidine rings is 1. The Hall–Kier alpha value is -1.29. The molecule has 2 heterocycles. The van der Waals surface area contributed by atoms with Gasteiger partial charge in [0.2, 0.25) is 5.91 Å². The quantitative estimate of drug-likeness (QED) is 0.869. The van der Waals surface area contributed by atoms with Crippen molar-refractivity contribution in [2.24, 2.45) is 11.3 Å². The van der Waals surface area contributed by atoms with Crippen LogP contribution in [0.15, 0.2) is 16.7 Å². The van der Waals surface area contributed by atoms with Gasteiger partial charge >= 0.3 is 0 Å². The van der Waals surface area contributed by atoms with E-state index < -0.39 is 0 Å². The highest BCUT2D eigenvalue weighted by molar-refractivity contribution is 5.83. The van der Waals surface area contributed by atoms with E-state index in [1.165, 1.54) is 5.56 Å². The minimum absolute atomic E-state index is 0.171. The molecular weight excluding hydrogens is 252 g/mol. The van der Waals surface area contributed by atoms with Crippen molar-refractivity contribution in [1.82, 2.24) is 10.6 Å². The molecule has 2 atom stereocenters. The number of rotatable bonds is 2. The topological polar surface area (TPSA) is 54.3 Å². The van der Waals surface area contributed by atoms with Crippen molar-refractivity contribution < 1.29 is 9.21 Å². The van der Waals surface area contributed by atoms with Crippen LogP contribution >= 0.6 is 0 Å². The third-order valence-electron chi connectivity index (χ3n) is 5.47. The number of carbonyl (C=O) groups is 1. The van der Waals surface area contributed by atoms with Crippen LogP contribution in [-0.4, -0.2) is 19.0 Å². The van der Waals surface area contributed by atoms with Crippen LogP contribution in [0.3, 0.4) is 0 Å². The Bertz CT molecular complexity index is 516. The van der Waals surface area contributed by atoms with Gasteiger partial charge in [0, 0.05) is 17.9 Å². The predicted molar refractivity (Wildman–Crippen MR) is 75.2 cm³/mol. The maximum absolute atomic E-state index is 12.5. The monoisotopic (exact) mass is 274 g/mol. The third kappa shape index (κ3) is 1.97. The largest absolute Gasteiger partial charge is 0.469 e. The zero-order valence-corrected chi connectivity index (χ0v) is 11.8. The van der Waals surface area contributed by atoms with Gasteiger partial charge in [0.1, 0.15) is 5.76 Å². The summed E-state index contributed by atoms with van der Waals surface area (Å²) in [5, 5.41) is 6.66. The predicted octanol–water partition coefficient (Wildman–Crippen LogP) is 2.16. The lowest BCUT2D eigenvalue weighted by Crippen LogP contribution is -2.36. The fourth-order valence-electron chi connectivity index (χ4n) is 4.10. The molecule has 0 bridgehead atoms. The van der Waals surface area contributed by atoms with Crippen molar-refractivity contribution in [2.75, 3.05) is 13.1 Å². The molecule has 1 amide bonds. The average Bonchev–Trinajstić information content (AvgIpc) is 2.95. The van der Waals surface area contributed by atoms with Crippen LogP contribution in [0.1, 0.15) is 49.5 Å². The van der Waals surface area contributed by atoms with Crippen molar-refractivity contribution in [3.8, 4) is 0 Å². The van der Waals surface area contributed by atoms with Gasteiger partial charge in [-0.05, 0) is 56.7 Å². The first-order valence-electron chi connectivity index (χ1n) is 7.86. The van der Waals surface area contributed by atoms with Gasteiger partial charge in [-0.3, -0.25) is 4.79 Å². The molecule has 2 fully saturated rings. The Morgan fingerprint density at radius 2 is 2.25 bits per heavy atom. The van der Waals surface area contributed by atoms with E-state index in [2.05, 4.69) is 10.6 Å². The number of hydrogen-bond acceptors (Lipinski definition) is 3. The van der Waals surface area contributed by atoms with Gasteiger partial charge in [-0.25, -0.2) is 0 Å². The molecule has 1 saturated heterocycles. The van der Waals surface area contributed by atoms with E-state index in [1.54, 1.807) is 6.26 Å². The smallest absolute Gasteiger partial charge is 0.224 e. The van der Waals surface area contributed by atoms with E-state index in [0.717, 1.165) is 57.4 Å². The molecule has 0 aromatic carbocycles. The molecule has 1 aliphatic heterocycles. The fraction of sp³-hybridized carbons (Fsp3) is 0.688. The number of hydrogen-bond donors (Lipinski definition) is 2. The van der Waals surface area contributed by atoms with Crippen LogP contribution in [0.2, 0.25) is 0 Å². The molecule has 0 radical (unpaired) electrons. The summed E-state index contributed by atoms with van der Waals surface area (Å²) in [6, 6.07) is 2.19. The van der Waals surface area contributed by atoms with E-state index in [4.69, 9.17) is 4.42 Å². The summed E-state index contributed by atoms with van der Waals surface area (Å²) in [7, 11) is 0. The highest BCUT2D eigenvalue weighted by Gasteiger charge is 2.57. The zero-order valence-electron chi connectivity index (χ0n) is 11.8. The van der Waals surface area contributed by atoms with Gasteiger partial charge in [0.15, 0.2) is 0 Å². The maximum atomic E-state index is 12.5. The van der Waals surface area contributed by atoms with Crippen LogP contribution in [0.5, 0.6) is 0 Å². The van der Waals surface area contributed by atoms with Gasteiger partial charge in [0.05, 0.1) is 12.3 Å². The summed E-state index contributed by atoms with van der Waals surface area (Å²) in [5.41, 5.74) is 1.52. The summed E-state index contributed by atoms with van der Waals surface area (Å²) in [6.45, 7) is 2.14. The minimum atomic E-state index is 0.171. The molecule has 4 rings (SSSR count). The lowest BCUT2D eigenvalue weighted by Gasteiger charge is -2.25. The lowest BCUT2D eigenvalue weighted by atomic mass is 9.90. The zero-order chi connectivity index (χ0) is 13.6. The van der Waals surface area contributed by atoms with Gasteiger partial charge in [-0.2, -0.15) is 0 Å². The highest BCUT2D eigenvalue weighted by Crippen LogP contribution is 2.58. The summed E-state index contributed by atoms with van der Waals surface area (Å²) >= 11 is 0. The van der Waals surface area contributed by atoms with Crippen molar-refractivity contribution in [3.63, 3.8) is 0 Å². The van der Waals surface area contributed by atoms with Crippen molar-refractivity contribution in [1.29, 1.82) is 0 Å². The van der Waals surface area contributed by atoms with Crippen molar-refractivity contribution in [2.45, 2.75) is 44.6 Å². The first-order chi connectivity index (χ1) is 9.78. The third-order valence-corrected chi connectivity index (χ3v) is 5.47. The summed E-state index contributed by atoms with van der Waals surface area (Å²) in [4.78, 5) is 12.5. The highest BCUT2D eigenvalue weighted by atomic mass is 16.3. The van der Waals surface area contributed by atoms with Crippen molar-refractivity contribution >= 4 is 5.91 Å². The first-order valence-corrected chi connectivity index (χ1v) is 7.86. The Kier molecular flexibility index (Phi) is 2.88. The summed E-state index contributed by atoms with van der Waals surface area (Å²) in [5.74, 6) is 1.58. The number of amides is 1. The molecular formula is C16H22N2O2. The van der Waals surface area contributed by atoms with Crippen LogP contribution in [0.4, 0.5) is 0 Å². The number of aryl methyl sites for hydroxylation is 1. The normalized spacial score (nSPS) is 30.8. The molecule has 1 aromatic heterocycles. The van der Waals surface area contributed by atoms with E-state index in [1.807, 2.05) is 6.07 Å². The maximum Gasteiger partial charge on any atom is 0.224 e. The van der Waals surface area contributed by atoms with E-state index in [9.17, 15) is 4.79 Å². The second-order valence-electron chi connectivity index (χ2n) is 6.62. The molecule has 1 saturated carbocycles. The molecule has 2 N–H and O–H groups in total. The Labute approximate surface area is 119 Å². The van der Waals surface area contributed by atoms with Crippen LogP contribution in [0.25, 0.3) is 0 Å². The van der Waals surface area contributed by atoms with Crippen LogP contribution < -0.4 is 10.6 Å². The SMILES string of the molecule is O=C(NC1CCCc2occc21)C1CC12CCNCC2. The van der Waals surface area contributed by atoms with E-state index in [-0.39, 0.29) is 17.9 Å². The summed E-state index contributed by atoms with van der Waals surface area (Å²) < 4.78 is 5.49. The van der Waals surface area contributed by atoms with Crippen LogP contribution in [0, 0.1) is 11.3 Å². The minimum Gasteiger partial charge on any atom is -0.469 e. The molecule has 1 aromatic rings. The standard InChI is InChI=1S/C16H22N2O2/c19-15(12-10-16(12)5-7-17-8-6-16)18-13-2-1-3-14-11(13)4-9-20-14/h4,9,12-13,17H,1-3,5-8,10H2,(H,18,19). The first kappa shape index (κ1) is 12.5. The molecule has 108 valence electrons. The molecule has 1 spiro atoms. The van der Waals surface area contributed by atoms with Gasteiger partial charge in [-0.1, -0.05) is 0 Å². The fourth-order valence-corrected chi connectivity index (χ4v) is 4.10. The second-order valence-corrected chi connectivity index (χ2v) is 6.62. The average molecular weight is 274 g/mol. The Morgan fingerprint density at radius 3 is 3.10 bits per heavy atom. The molecule has 20 heavy (non-hydrogen) atoms. The molecule has 3 aliphatic rings. The summed E-state index contributed by atoms with van der Waals surface area (Å²) in [6.07, 6.45) is 8.31. The number of fused-ring (bicyclic) bond motifs is 1. The van der Waals surface area contributed by atoms with E-state index in [0.29, 0.717) is 5.41 Å². The van der Waals surface area contributed by atoms with Crippen molar-refractivity contribution in [3.05, 3.63) is 23.7 Å². The van der Waals surface area contributed by atoms with Gasteiger partial charge < -0.3 is 15.1 Å². The Balaban J connectivity index is 1.42. The number of nitrogens with one attached hydrogen (secondary N) is 2. The van der Waals surface area contributed by atoms with Gasteiger partial charge in [-0.15, -0.1) is 0 Å². The molecule has 4 heteroatoms. The number of carbonyl (C=O) groups excluding carboxylic acids is 1. The molecule has 4 nitrogen and oxygen atoms in total. The van der Waals surface area contributed by atoms with Gasteiger partial charge in [0.25, 0.3) is 0 Å². The molecule has 2 aliphatic carbocycles. The Morgan fingerprint density at radius 1 is 1.40 bits per heavy atom. The van der Waals surface area contributed by atoms with Crippen LogP contribution in [-0.2, 0) is 11.2 Å². The lowest BCUT2D eigenvalue weighted by molar-refractivity contribution is -0.124. The number of furan rings is 1.